The lowest BCUT2D eigenvalue weighted by molar-refractivity contribution is -0.137. The van der Waals surface area contributed by atoms with Crippen molar-refractivity contribution in [2.45, 2.75) is 49.7 Å². The van der Waals surface area contributed by atoms with E-state index in [0.29, 0.717) is 17.1 Å². The fraction of sp³-hybridized carbons (Fsp3) is 0.476. The number of hydrogen-bond acceptors (Lipinski definition) is 3. The van der Waals surface area contributed by atoms with Gasteiger partial charge in [-0.25, -0.2) is 8.42 Å². The fourth-order valence-electron chi connectivity index (χ4n) is 4.26. The second-order valence-corrected chi connectivity index (χ2v) is 10.5. The van der Waals surface area contributed by atoms with Gasteiger partial charge in [0.05, 0.1) is 15.8 Å². The third kappa shape index (κ3) is 4.65. The quantitative estimate of drug-likeness (QED) is 0.569. The van der Waals surface area contributed by atoms with Gasteiger partial charge in [-0.05, 0) is 36.5 Å². The van der Waals surface area contributed by atoms with E-state index in [9.17, 15) is 13.2 Å². The summed E-state index contributed by atoms with van der Waals surface area (Å²) in [6, 6.07) is 7.59. The zero-order valence-corrected chi connectivity index (χ0v) is 18.6. The van der Waals surface area contributed by atoms with Crippen molar-refractivity contribution in [1.29, 1.82) is 0 Å². The molecule has 5 nitrogen and oxygen atoms in total. The lowest BCUT2D eigenvalue weighted by atomic mass is 9.78. The maximum absolute atomic E-state index is 13.3. The molecule has 1 aromatic rings. The molecule has 29 heavy (non-hydrogen) atoms. The molecule has 3 atom stereocenters. The second-order valence-electron chi connectivity index (χ2n) is 7.60. The second kappa shape index (κ2) is 9.11. The standard InChI is InChI=1S/C21H25Cl2NO4S/c1-24-19-10-7-6-9-15(19)14(8-4-2-3-5-11-21(25)26)16-12-17(22)18(23)13-20(16)29(24,27)28/h6-7,9-10,12-14,16,20H,2-5,8,11H2,1H3,(H,25,26). The number of aliphatic carboxylic acids is 1. The van der Waals surface area contributed by atoms with E-state index < -0.39 is 21.2 Å². The fourth-order valence-corrected chi connectivity index (χ4v) is 6.53. The highest BCUT2D eigenvalue weighted by Gasteiger charge is 2.44. The number of carboxylic acid groups (broad SMARTS) is 1. The maximum atomic E-state index is 13.3. The minimum atomic E-state index is -3.65. The minimum absolute atomic E-state index is 0.0230. The lowest BCUT2D eigenvalue weighted by Crippen LogP contribution is -2.39. The molecule has 0 amide bonds. The van der Waals surface area contributed by atoms with Gasteiger partial charge in [0.1, 0.15) is 5.25 Å². The minimum Gasteiger partial charge on any atom is -0.481 e. The van der Waals surface area contributed by atoms with Crippen molar-refractivity contribution in [1.82, 2.24) is 0 Å². The van der Waals surface area contributed by atoms with Gasteiger partial charge in [-0.2, -0.15) is 0 Å². The lowest BCUT2D eigenvalue weighted by Gasteiger charge is -2.30. The van der Waals surface area contributed by atoms with Crippen LogP contribution in [0.1, 0.15) is 50.0 Å². The number of allylic oxidation sites excluding steroid dienone is 3. The summed E-state index contributed by atoms with van der Waals surface area (Å²) in [6.45, 7) is 0. The molecule has 1 aromatic carbocycles. The molecule has 3 rings (SSSR count). The number of unbranched alkanes of at least 4 members (excludes halogenated alkanes) is 3. The van der Waals surface area contributed by atoms with Gasteiger partial charge >= 0.3 is 5.97 Å². The third-order valence-corrected chi connectivity index (χ3v) is 8.63. The first-order chi connectivity index (χ1) is 13.7. The molecule has 1 aliphatic heterocycles. The molecular weight excluding hydrogens is 433 g/mol. The zero-order chi connectivity index (χ0) is 21.2. The van der Waals surface area contributed by atoms with E-state index in [4.69, 9.17) is 28.3 Å². The average molecular weight is 458 g/mol. The molecular formula is C21H25Cl2NO4S. The summed E-state index contributed by atoms with van der Waals surface area (Å²) in [5.41, 5.74) is 1.68. The number of carboxylic acids is 1. The Morgan fingerprint density at radius 2 is 1.72 bits per heavy atom. The number of benzene rings is 1. The molecule has 1 aliphatic carbocycles. The number of hydrogen-bond donors (Lipinski definition) is 1. The smallest absolute Gasteiger partial charge is 0.303 e. The van der Waals surface area contributed by atoms with Crippen LogP contribution in [0.4, 0.5) is 5.69 Å². The molecule has 1 N–H and O–H groups in total. The predicted molar refractivity (Wildman–Crippen MR) is 117 cm³/mol. The molecule has 3 unspecified atom stereocenters. The number of rotatable bonds is 7. The van der Waals surface area contributed by atoms with Crippen molar-refractivity contribution in [3.63, 3.8) is 0 Å². The van der Waals surface area contributed by atoms with E-state index in [1.54, 1.807) is 19.2 Å². The summed E-state index contributed by atoms with van der Waals surface area (Å²) in [6.07, 6.45) is 7.61. The SMILES string of the molecule is CN1c2ccccc2C(CCCCCCC(=O)O)C2C=C(Cl)C(Cl)=CC2S1(=O)=O. The van der Waals surface area contributed by atoms with E-state index in [2.05, 4.69) is 0 Å². The van der Waals surface area contributed by atoms with Gasteiger partial charge < -0.3 is 5.11 Å². The molecule has 1 heterocycles. The maximum Gasteiger partial charge on any atom is 0.303 e. The molecule has 0 saturated carbocycles. The van der Waals surface area contributed by atoms with Crippen molar-refractivity contribution in [3.05, 3.63) is 52.0 Å². The Morgan fingerprint density at radius 3 is 2.45 bits per heavy atom. The summed E-state index contributed by atoms with van der Waals surface area (Å²) in [4.78, 5) is 10.7. The Labute approximate surface area is 182 Å². The number of halogens is 2. The van der Waals surface area contributed by atoms with E-state index in [1.807, 2.05) is 24.3 Å². The first-order valence-electron chi connectivity index (χ1n) is 9.77. The Balaban J connectivity index is 1.90. The normalized spacial score (nSPS) is 25.3. The van der Waals surface area contributed by atoms with E-state index in [1.165, 1.54) is 4.31 Å². The molecule has 0 radical (unpaired) electrons. The summed E-state index contributed by atoms with van der Waals surface area (Å²) in [7, 11) is -2.06. The average Bonchev–Trinajstić information content (AvgIpc) is 2.74. The monoisotopic (exact) mass is 457 g/mol. The molecule has 0 bridgehead atoms. The van der Waals surface area contributed by atoms with Crippen LogP contribution >= 0.6 is 23.2 Å². The van der Waals surface area contributed by atoms with Crippen molar-refractivity contribution in [2.75, 3.05) is 11.4 Å². The zero-order valence-electron chi connectivity index (χ0n) is 16.2. The van der Waals surface area contributed by atoms with Crippen LogP contribution in [0.3, 0.4) is 0 Å². The Kier molecular flexibility index (Phi) is 6.97. The van der Waals surface area contributed by atoms with Crippen molar-refractivity contribution >= 4 is 44.9 Å². The number of sulfonamides is 1. The Bertz CT molecular complexity index is 942. The molecule has 0 spiro atoms. The van der Waals surface area contributed by atoms with Crippen LogP contribution in [0.2, 0.25) is 0 Å². The van der Waals surface area contributed by atoms with Gasteiger partial charge in [0.25, 0.3) is 0 Å². The van der Waals surface area contributed by atoms with Gasteiger partial charge in [0, 0.05) is 19.4 Å². The van der Waals surface area contributed by atoms with Crippen LogP contribution in [-0.2, 0) is 14.8 Å². The highest BCUT2D eigenvalue weighted by Crippen LogP contribution is 2.48. The summed E-state index contributed by atoms with van der Waals surface area (Å²) in [5, 5.41) is 8.65. The topological polar surface area (TPSA) is 74.7 Å². The number of anilines is 1. The Hall–Kier alpha value is -1.50. The molecule has 8 heteroatoms. The van der Waals surface area contributed by atoms with Gasteiger partial charge in [-0.3, -0.25) is 9.10 Å². The van der Waals surface area contributed by atoms with E-state index in [0.717, 1.165) is 31.2 Å². The van der Waals surface area contributed by atoms with Crippen molar-refractivity contribution in [3.8, 4) is 0 Å². The van der Waals surface area contributed by atoms with Crippen LogP contribution in [0.25, 0.3) is 0 Å². The van der Waals surface area contributed by atoms with Crippen molar-refractivity contribution in [2.24, 2.45) is 5.92 Å². The third-order valence-electron chi connectivity index (χ3n) is 5.78. The van der Waals surface area contributed by atoms with Gasteiger partial charge in [0.2, 0.25) is 10.0 Å². The van der Waals surface area contributed by atoms with Crippen LogP contribution in [0, 0.1) is 5.92 Å². The van der Waals surface area contributed by atoms with Gasteiger partial charge in [0.15, 0.2) is 0 Å². The molecule has 0 saturated heterocycles. The van der Waals surface area contributed by atoms with Gasteiger partial charge in [-0.1, -0.05) is 66.7 Å². The number of fused-ring (bicyclic) bond motifs is 2. The summed E-state index contributed by atoms with van der Waals surface area (Å²) in [5.74, 6) is -1.10. The van der Waals surface area contributed by atoms with Crippen molar-refractivity contribution < 1.29 is 18.3 Å². The summed E-state index contributed by atoms with van der Waals surface area (Å²) >= 11 is 12.5. The molecule has 0 aromatic heterocycles. The predicted octanol–water partition coefficient (Wildman–Crippen LogP) is 5.22. The number of carbonyl (C=O) groups is 1. The largest absolute Gasteiger partial charge is 0.481 e. The highest BCUT2D eigenvalue weighted by molar-refractivity contribution is 7.93. The number of nitrogens with zero attached hydrogens (tertiary/aromatic N) is 1. The first-order valence-corrected chi connectivity index (χ1v) is 12.0. The van der Waals surface area contributed by atoms with Gasteiger partial charge in [-0.15, -0.1) is 0 Å². The van der Waals surface area contributed by atoms with Crippen LogP contribution in [-0.4, -0.2) is 31.8 Å². The van der Waals surface area contributed by atoms with E-state index >= 15 is 0 Å². The van der Waals surface area contributed by atoms with E-state index in [-0.39, 0.29) is 23.3 Å². The molecule has 0 fully saturated rings. The Morgan fingerprint density at radius 1 is 1.07 bits per heavy atom. The number of para-hydroxylation sites is 1. The van der Waals surface area contributed by atoms with Crippen LogP contribution in [0.15, 0.2) is 46.5 Å². The first kappa shape index (κ1) is 22.2. The summed E-state index contributed by atoms with van der Waals surface area (Å²) < 4.78 is 28.0. The van der Waals surface area contributed by atoms with Crippen LogP contribution < -0.4 is 4.31 Å². The highest BCUT2D eigenvalue weighted by atomic mass is 35.5. The molecule has 158 valence electrons. The molecule has 2 aliphatic rings. The van der Waals surface area contributed by atoms with Crippen LogP contribution in [0.5, 0.6) is 0 Å².